The Morgan fingerprint density at radius 1 is 0.448 bits per heavy atom. The summed E-state index contributed by atoms with van der Waals surface area (Å²) in [7, 11) is -5.01. The van der Waals surface area contributed by atoms with Gasteiger partial charge in [0.05, 0.1) is 93.6 Å². The predicted molar refractivity (Wildman–Crippen MR) is 362 cm³/mol. The largest absolute Gasteiger partial charge is 0.478 e. The van der Waals surface area contributed by atoms with Gasteiger partial charge in [-0.1, -0.05) is 0 Å². The molecular weight excluding hydrogens is 1310 g/mol. The van der Waals surface area contributed by atoms with Gasteiger partial charge in [-0.25, -0.2) is 34.7 Å². The predicted octanol–water partition coefficient (Wildman–Crippen LogP) is 4.35. The first kappa shape index (κ1) is 75.0. The number of nitrogen functional groups attached to an aromatic ring is 6. The molecule has 512 valence electrons. The minimum Gasteiger partial charge on any atom is -0.478 e. The maximum atomic E-state index is 12.5. The number of nitrogens with zero attached hydrogens (tertiary/aromatic N) is 15. The first-order valence-corrected chi connectivity index (χ1v) is 34.1. The van der Waals surface area contributed by atoms with Gasteiger partial charge in [-0.3, -0.25) is 23.3 Å². The Labute approximate surface area is 549 Å². The molecule has 2 amide bonds. The van der Waals surface area contributed by atoms with Crippen LogP contribution < -0.4 is 65.5 Å². The summed E-state index contributed by atoms with van der Waals surface area (Å²) < 4.78 is 54.6. The monoisotopic (exact) mass is 1380 g/mol. The summed E-state index contributed by atoms with van der Waals surface area (Å²) in [6.45, 7) is 9.41. The number of nitrogens with one attached hydrogen (secondary N) is 2. The van der Waals surface area contributed by atoms with Crippen LogP contribution in [-0.4, -0.2) is 159 Å². The zero-order valence-electron chi connectivity index (χ0n) is 53.2. The number of hydrogen-bond donors (Lipinski definition) is 12. The Morgan fingerprint density at radius 3 is 1.02 bits per heavy atom. The highest BCUT2D eigenvalue weighted by molar-refractivity contribution is 7.54. The number of aromatic nitrogens is 12. The lowest BCUT2D eigenvalue weighted by Crippen LogP contribution is -2.26. The molecule has 0 unspecified atom stereocenters. The lowest BCUT2D eigenvalue weighted by molar-refractivity contribution is 0.0696. The van der Waals surface area contributed by atoms with Crippen LogP contribution in [-0.2, 0) is 51.4 Å². The summed E-state index contributed by atoms with van der Waals surface area (Å²) in [6.07, 6.45) is 3.79. The summed E-state index contributed by atoms with van der Waals surface area (Å²) in [5, 5.41) is 13.7. The quantitative estimate of drug-likeness (QED) is 0.0354. The number of carbonyl (C=O) groups excluding carboxylic acids is 2. The van der Waals surface area contributed by atoms with Gasteiger partial charge in [0.1, 0.15) is 12.6 Å². The van der Waals surface area contributed by atoms with Crippen molar-refractivity contribution >= 4 is 126 Å². The van der Waals surface area contributed by atoms with Gasteiger partial charge in [-0.2, -0.15) is 29.9 Å². The third kappa shape index (κ3) is 22.0. The molecule has 0 atom stereocenters. The van der Waals surface area contributed by atoms with Gasteiger partial charge in [-0.15, -0.1) is 0 Å². The van der Waals surface area contributed by atoms with Crippen molar-refractivity contribution in [1.29, 1.82) is 0 Å². The van der Waals surface area contributed by atoms with Crippen molar-refractivity contribution in [3.05, 3.63) is 125 Å². The molecule has 0 fully saturated rings. The van der Waals surface area contributed by atoms with Crippen molar-refractivity contribution in [3.63, 3.8) is 0 Å². The average Bonchev–Trinajstić information content (AvgIpc) is 0.831. The summed E-state index contributed by atoms with van der Waals surface area (Å²) in [4.78, 5) is 108. The maximum Gasteiger partial charge on any atom is 0.349 e. The van der Waals surface area contributed by atoms with Gasteiger partial charge in [0.25, 0.3) is 11.8 Å². The highest BCUT2D eigenvalue weighted by Gasteiger charge is 2.25. The molecule has 0 aliphatic heterocycles. The van der Waals surface area contributed by atoms with Gasteiger partial charge in [0, 0.05) is 49.3 Å². The van der Waals surface area contributed by atoms with Crippen molar-refractivity contribution in [3.8, 4) is 0 Å². The standard InChI is InChI=1S/C20H27N8O4P.C16H19N8O4P.C15H15N7O2.C5H14NO3P/c1-4-31-33(30,32-5-2)12-24-19(29)13-6-8-15(9-7-13)28(3)11-14-10-23-18-16(25-14)17(21)26-20(22)27-18;1-24(7-10-6-19-14-12(21-10)13(17)22-16(18)23-14)11-4-2-9(3-5-11)15(25)20-8-29(26,27)28;1-22(10-4-2-8(3-5-10)14(23)24)7-9-6-18-13-11(19-9)12(16)20-15(17)21-13;1-3-8-10(7,5-6)9-4-2/h6-10H,4-5,11-12H2,1-3H3,(H,24,29)(H4,21,22,23,26,27);2-6H,7-8H2,1H3,(H,20,25)(H2,26,27,28)(H4,17,18,19,22,23);2-6H,7H2,1H3,(H,23,24)(H4,16,17,18,20,21);3-6H2,1-2H3. The molecule has 9 aromatic rings. The van der Waals surface area contributed by atoms with Gasteiger partial charge in [0.2, 0.25) is 17.8 Å². The van der Waals surface area contributed by atoms with Gasteiger partial charge in [-0.05, 0) is 100 Å². The topological polar surface area (TPSA) is 571 Å². The number of rotatable bonds is 25. The number of aromatic carboxylic acids is 1. The number of nitrogens with two attached hydrogens (primary N) is 7. The molecule has 0 aliphatic rings. The number of carbonyl (C=O) groups is 3. The lowest BCUT2D eigenvalue weighted by atomic mass is 10.2. The second kappa shape index (κ2) is 34.4. The fourth-order valence-electron chi connectivity index (χ4n) is 8.38. The van der Waals surface area contributed by atoms with Crippen LogP contribution in [0.5, 0.6) is 0 Å². The zero-order chi connectivity index (χ0) is 70.5. The summed E-state index contributed by atoms with van der Waals surface area (Å²) in [5.74, 6) is -1.28. The second-order valence-electron chi connectivity index (χ2n) is 20.1. The molecule has 0 bridgehead atoms. The van der Waals surface area contributed by atoms with E-state index in [2.05, 4.69) is 70.4 Å². The molecule has 19 N–H and O–H groups in total. The number of hydrogen-bond acceptors (Lipinski definition) is 32. The van der Waals surface area contributed by atoms with Crippen LogP contribution in [0.1, 0.15) is 75.9 Å². The van der Waals surface area contributed by atoms with E-state index in [0.717, 1.165) is 17.1 Å². The summed E-state index contributed by atoms with van der Waals surface area (Å²) in [6, 6.07) is 20.0. The van der Waals surface area contributed by atoms with Gasteiger partial charge < -0.3 is 98.5 Å². The fraction of sp³-hybridized carbons (Fsp3) is 0.304. The van der Waals surface area contributed by atoms with E-state index in [4.69, 9.17) is 73.1 Å². The van der Waals surface area contributed by atoms with E-state index >= 15 is 0 Å². The molecule has 0 radical (unpaired) electrons. The van der Waals surface area contributed by atoms with E-state index in [9.17, 15) is 28.1 Å². The zero-order valence-corrected chi connectivity index (χ0v) is 55.9. The van der Waals surface area contributed by atoms with Crippen molar-refractivity contribution in [2.75, 3.05) is 116 Å². The van der Waals surface area contributed by atoms with Crippen molar-refractivity contribution in [1.82, 2.24) is 70.4 Å². The van der Waals surface area contributed by atoms with Crippen LogP contribution in [0.25, 0.3) is 33.5 Å². The number of carboxylic acids is 1. The van der Waals surface area contributed by atoms with E-state index in [1.165, 1.54) is 0 Å². The highest BCUT2D eigenvalue weighted by atomic mass is 31.2. The molecule has 0 saturated carbocycles. The van der Waals surface area contributed by atoms with E-state index in [0.29, 0.717) is 89.0 Å². The van der Waals surface area contributed by atoms with Crippen molar-refractivity contribution in [2.45, 2.75) is 47.3 Å². The second-order valence-corrected chi connectivity index (χ2v) is 25.9. The Balaban J connectivity index is 0.000000214. The first-order valence-electron chi connectivity index (χ1n) is 28.9. The van der Waals surface area contributed by atoms with Crippen molar-refractivity contribution in [2.24, 2.45) is 5.73 Å². The first-order chi connectivity index (χ1) is 45.5. The van der Waals surface area contributed by atoms with Crippen LogP contribution >= 0.6 is 22.8 Å². The molecule has 9 rings (SSSR count). The van der Waals surface area contributed by atoms with Crippen LogP contribution in [0.3, 0.4) is 0 Å². The van der Waals surface area contributed by atoms with Crippen LogP contribution in [0, 0.1) is 0 Å². The molecular formula is C56H75N24O13P3. The Hall–Kier alpha value is -10.1. The third-order valence-electron chi connectivity index (χ3n) is 12.8. The normalized spacial score (nSPS) is 11.3. The van der Waals surface area contributed by atoms with Crippen LogP contribution in [0.15, 0.2) is 91.4 Å². The summed E-state index contributed by atoms with van der Waals surface area (Å²) in [5.41, 5.74) is 46.9. The van der Waals surface area contributed by atoms with Crippen LogP contribution in [0.4, 0.5) is 52.4 Å². The maximum absolute atomic E-state index is 12.5. The number of carboxylic acid groups (broad SMARTS) is 1. The van der Waals surface area contributed by atoms with Crippen molar-refractivity contribution < 1.29 is 61.1 Å². The lowest BCUT2D eigenvalue weighted by Gasteiger charge is -2.19. The highest BCUT2D eigenvalue weighted by Crippen LogP contribution is 2.47. The number of benzene rings is 3. The van der Waals surface area contributed by atoms with E-state index in [-0.39, 0.29) is 78.1 Å². The minimum absolute atomic E-state index is 0.0269. The number of fused-ring (bicyclic) bond motifs is 3. The number of anilines is 9. The average molecular weight is 1390 g/mol. The van der Waals surface area contributed by atoms with Gasteiger partial charge in [0.15, 0.2) is 50.9 Å². The molecule has 0 saturated heterocycles. The SMILES string of the molecule is CCOP(=O)(CN)OCC.CCOP(=O)(CNC(=O)c1ccc(N(C)Cc2cnc3nc(N)nc(N)c3n2)cc1)OCC.CN(Cc1cnc2nc(N)nc(N)c2n1)c1ccc(C(=O)NCP(=O)(O)O)cc1.CN(Cc1cnc2nc(N)nc(N)c2n1)c1ccc(C(=O)O)cc1. The van der Waals surface area contributed by atoms with E-state index in [1.807, 2.05) is 35.8 Å². The summed E-state index contributed by atoms with van der Waals surface area (Å²) >= 11 is 0. The molecule has 37 nitrogen and oxygen atoms in total. The third-order valence-corrected chi connectivity index (χ3v) is 17.0. The Bertz CT molecular complexity index is 4280. The van der Waals surface area contributed by atoms with E-state index < -0.39 is 40.9 Å². The molecule has 3 aromatic carbocycles. The molecule has 6 aromatic heterocycles. The smallest absolute Gasteiger partial charge is 0.349 e. The molecule has 40 heteroatoms. The molecule has 6 heterocycles. The van der Waals surface area contributed by atoms with Gasteiger partial charge >= 0.3 is 28.8 Å². The molecule has 96 heavy (non-hydrogen) atoms. The van der Waals surface area contributed by atoms with E-state index in [1.54, 1.807) is 119 Å². The Kier molecular flexibility index (Phi) is 26.8. The van der Waals surface area contributed by atoms with Crippen LogP contribution in [0.2, 0.25) is 0 Å². The number of amides is 2. The fourth-order valence-corrected chi connectivity index (χ4v) is 11.2. The molecule has 0 spiro atoms. The molecule has 0 aliphatic carbocycles. The minimum atomic E-state index is -4.31. The Morgan fingerprint density at radius 2 is 0.740 bits per heavy atom.